The van der Waals surface area contributed by atoms with Gasteiger partial charge in [0.1, 0.15) is 13.1 Å². The Kier molecular flexibility index (Phi) is 10.9. The van der Waals surface area contributed by atoms with Gasteiger partial charge in [-0.3, -0.25) is 0 Å². The molecular formula is C9H22BrNO2. The molecule has 2 N–H and O–H groups in total. The zero-order valence-corrected chi connectivity index (χ0v) is 10.3. The van der Waals surface area contributed by atoms with Crippen molar-refractivity contribution in [2.75, 3.05) is 39.9 Å². The fraction of sp³-hybridized carbons (Fsp3) is 1.00. The number of likely N-dealkylation sites (N-methyl/N-ethyl adjacent to an activating group) is 1. The number of unbranched alkanes of at least 4 members (excludes halogenated alkanes) is 1. The summed E-state index contributed by atoms with van der Waals surface area (Å²) in [6.07, 6.45) is 2.33. The van der Waals surface area contributed by atoms with Gasteiger partial charge in [0.15, 0.2) is 0 Å². The van der Waals surface area contributed by atoms with Crippen molar-refractivity contribution in [1.82, 2.24) is 0 Å². The minimum atomic E-state index is 0. The maximum absolute atomic E-state index is 8.83. The second-order valence-corrected chi connectivity index (χ2v) is 3.59. The zero-order chi connectivity index (χ0) is 9.45. The van der Waals surface area contributed by atoms with Crippen LogP contribution in [0.2, 0.25) is 0 Å². The first-order valence-corrected chi connectivity index (χ1v) is 4.74. The summed E-state index contributed by atoms with van der Waals surface area (Å²) >= 11 is 0. The molecule has 0 radical (unpaired) electrons. The summed E-state index contributed by atoms with van der Waals surface area (Å²) in [4.78, 5) is 0. The Bertz CT molecular complexity index is 106. The van der Waals surface area contributed by atoms with Crippen LogP contribution < -0.4 is 17.0 Å². The monoisotopic (exact) mass is 255 g/mol. The van der Waals surface area contributed by atoms with Gasteiger partial charge >= 0.3 is 0 Å². The van der Waals surface area contributed by atoms with Crippen molar-refractivity contribution < 1.29 is 31.7 Å². The maximum Gasteiger partial charge on any atom is 0.102 e. The van der Waals surface area contributed by atoms with Gasteiger partial charge in [0, 0.05) is 0 Å². The molecule has 0 heterocycles. The molecule has 0 bridgehead atoms. The molecule has 13 heavy (non-hydrogen) atoms. The van der Waals surface area contributed by atoms with Gasteiger partial charge in [0.25, 0.3) is 0 Å². The Morgan fingerprint density at radius 1 is 1.00 bits per heavy atom. The highest BCUT2D eigenvalue weighted by molar-refractivity contribution is 4.40. The minimum Gasteiger partial charge on any atom is -1.00 e. The first-order valence-electron chi connectivity index (χ1n) is 4.74. The highest BCUT2D eigenvalue weighted by atomic mass is 79.9. The quantitative estimate of drug-likeness (QED) is 0.484. The summed E-state index contributed by atoms with van der Waals surface area (Å²) in [5, 5.41) is 17.7. The first-order chi connectivity index (χ1) is 5.68. The van der Waals surface area contributed by atoms with Gasteiger partial charge in [-0.25, -0.2) is 0 Å². The molecule has 0 atom stereocenters. The first kappa shape index (κ1) is 15.8. The van der Waals surface area contributed by atoms with Crippen LogP contribution in [0, 0.1) is 0 Å². The van der Waals surface area contributed by atoms with Crippen LogP contribution in [0.15, 0.2) is 0 Å². The number of hydrogen-bond acceptors (Lipinski definition) is 2. The normalized spacial score (nSPS) is 11.1. The van der Waals surface area contributed by atoms with Crippen molar-refractivity contribution in [2.24, 2.45) is 0 Å². The van der Waals surface area contributed by atoms with Crippen LogP contribution in [0.3, 0.4) is 0 Å². The fourth-order valence-electron chi connectivity index (χ4n) is 1.36. The molecule has 3 nitrogen and oxygen atoms in total. The van der Waals surface area contributed by atoms with Crippen LogP contribution in [0.4, 0.5) is 0 Å². The van der Waals surface area contributed by atoms with Crippen molar-refractivity contribution in [1.29, 1.82) is 0 Å². The lowest BCUT2D eigenvalue weighted by molar-refractivity contribution is -0.910. The van der Waals surface area contributed by atoms with E-state index in [1.54, 1.807) is 0 Å². The van der Waals surface area contributed by atoms with Crippen LogP contribution >= 0.6 is 0 Å². The Morgan fingerprint density at radius 2 is 1.46 bits per heavy atom. The molecule has 0 fully saturated rings. The predicted molar refractivity (Wildman–Crippen MR) is 49.9 cm³/mol. The smallest absolute Gasteiger partial charge is 0.102 e. The van der Waals surface area contributed by atoms with E-state index in [1.807, 2.05) is 0 Å². The van der Waals surface area contributed by atoms with Gasteiger partial charge in [-0.1, -0.05) is 13.3 Å². The fourth-order valence-corrected chi connectivity index (χ4v) is 1.36. The van der Waals surface area contributed by atoms with E-state index in [9.17, 15) is 0 Å². The van der Waals surface area contributed by atoms with Crippen molar-refractivity contribution in [3.8, 4) is 0 Å². The summed E-state index contributed by atoms with van der Waals surface area (Å²) in [7, 11) is 2.09. The lowest BCUT2D eigenvalue weighted by Crippen LogP contribution is -3.00. The number of nitrogens with zero attached hydrogens (tertiary/aromatic N) is 1. The molecule has 0 saturated carbocycles. The average molecular weight is 256 g/mol. The molecule has 0 aromatic rings. The van der Waals surface area contributed by atoms with Gasteiger partial charge in [-0.15, -0.1) is 0 Å². The van der Waals surface area contributed by atoms with Crippen LogP contribution in [-0.4, -0.2) is 54.6 Å². The van der Waals surface area contributed by atoms with E-state index >= 15 is 0 Å². The maximum atomic E-state index is 8.83. The number of rotatable bonds is 7. The van der Waals surface area contributed by atoms with Crippen molar-refractivity contribution in [3.63, 3.8) is 0 Å². The molecule has 4 heteroatoms. The molecular weight excluding hydrogens is 234 g/mol. The van der Waals surface area contributed by atoms with E-state index in [0.29, 0.717) is 0 Å². The van der Waals surface area contributed by atoms with E-state index in [4.69, 9.17) is 10.2 Å². The third-order valence-electron chi connectivity index (χ3n) is 2.33. The zero-order valence-electron chi connectivity index (χ0n) is 8.67. The Labute approximate surface area is 91.7 Å². The molecule has 0 aliphatic heterocycles. The average Bonchev–Trinajstić information content (AvgIpc) is 2.02. The highest BCUT2D eigenvalue weighted by Crippen LogP contribution is 2.04. The van der Waals surface area contributed by atoms with E-state index in [0.717, 1.165) is 30.5 Å². The predicted octanol–water partition coefficient (Wildman–Crippen LogP) is -2.78. The molecule has 0 aromatic carbocycles. The molecule has 0 aliphatic rings. The van der Waals surface area contributed by atoms with E-state index in [1.165, 1.54) is 6.42 Å². The Hall–Kier alpha value is 0.360. The molecule has 0 aliphatic carbocycles. The summed E-state index contributed by atoms with van der Waals surface area (Å²) in [6.45, 7) is 5.13. The van der Waals surface area contributed by atoms with E-state index < -0.39 is 0 Å². The van der Waals surface area contributed by atoms with Crippen LogP contribution in [0.25, 0.3) is 0 Å². The third kappa shape index (κ3) is 7.43. The van der Waals surface area contributed by atoms with Crippen LogP contribution in [0.5, 0.6) is 0 Å². The van der Waals surface area contributed by atoms with Gasteiger partial charge in [-0.05, 0) is 6.42 Å². The second kappa shape index (κ2) is 8.94. The Balaban J connectivity index is 0. The van der Waals surface area contributed by atoms with Crippen molar-refractivity contribution in [2.45, 2.75) is 19.8 Å². The molecule has 0 unspecified atom stereocenters. The van der Waals surface area contributed by atoms with Gasteiger partial charge in [-0.2, -0.15) is 0 Å². The highest BCUT2D eigenvalue weighted by Gasteiger charge is 2.18. The molecule has 0 spiro atoms. The molecule has 82 valence electrons. The van der Waals surface area contributed by atoms with Crippen LogP contribution in [-0.2, 0) is 0 Å². The number of aliphatic hydroxyl groups excluding tert-OH is 2. The van der Waals surface area contributed by atoms with Gasteiger partial charge < -0.3 is 31.7 Å². The SMILES string of the molecule is CCCC[N+](C)(CCO)CCO.[Br-]. The van der Waals surface area contributed by atoms with E-state index in [2.05, 4.69) is 14.0 Å². The summed E-state index contributed by atoms with van der Waals surface area (Å²) in [6, 6.07) is 0. The van der Waals surface area contributed by atoms with Gasteiger partial charge in [0.2, 0.25) is 0 Å². The van der Waals surface area contributed by atoms with Gasteiger partial charge in [0.05, 0.1) is 26.8 Å². The number of aliphatic hydroxyl groups is 2. The lowest BCUT2D eigenvalue weighted by atomic mass is 10.2. The topological polar surface area (TPSA) is 40.5 Å². The standard InChI is InChI=1S/C9H22NO2.BrH/c1-3-4-5-10(2,6-8-11)7-9-12;/h11-12H,3-9H2,1-2H3;1H/q+1;/p-1. The Morgan fingerprint density at radius 3 is 1.77 bits per heavy atom. The third-order valence-corrected chi connectivity index (χ3v) is 2.33. The number of halogens is 1. The van der Waals surface area contributed by atoms with Crippen molar-refractivity contribution in [3.05, 3.63) is 0 Å². The largest absolute Gasteiger partial charge is 1.00 e. The molecule has 0 aromatic heterocycles. The van der Waals surface area contributed by atoms with Crippen LogP contribution in [0.1, 0.15) is 19.8 Å². The summed E-state index contributed by atoms with van der Waals surface area (Å²) in [5.74, 6) is 0. The summed E-state index contributed by atoms with van der Waals surface area (Å²) < 4.78 is 0.792. The number of quaternary nitrogens is 1. The molecule has 0 amide bonds. The number of hydrogen-bond donors (Lipinski definition) is 2. The second-order valence-electron chi connectivity index (χ2n) is 3.59. The van der Waals surface area contributed by atoms with E-state index in [-0.39, 0.29) is 30.2 Å². The minimum absolute atomic E-state index is 0. The lowest BCUT2D eigenvalue weighted by Gasteiger charge is -2.33. The van der Waals surface area contributed by atoms with Crippen molar-refractivity contribution >= 4 is 0 Å². The summed E-state index contributed by atoms with van der Waals surface area (Å²) in [5.41, 5.74) is 0. The molecule has 0 saturated heterocycles. The molecule has 0 rings (SSSR count).